The van der Waals surface area contributed by atoms with E-state index in [2.05, 4.69) is 53.7 Å². The van der Waals surface area contributed by atoms with Gasteiger partial charge in [0, 0.05) is 0 Å². The minimum atomic E-state index is 0.0994. The van der Waals surface area contributed by atoms with Gasteiger partial charge in [-0.1, -0.05) is 53.7 Å². The first kappa shape index (κ1) is 13.2. The van der Waals surface area contributed by atoms with E-state index in [4.69, 9.17) is 0 Å². The molecule has 0 atom stereocenters. The highest BCUT2D eigenvalue weighted by atomic mass is 16.1. The minimum Gasteiger partial charge on any atom is -0.289 e. The van der Waals surface area contributed by atoms with Gasteiger partial charge in [-0.15, -0.1) is 0 Å². The summed E-state index contributed by atoms with van der Waals surface area (Å²) in [6.45, 7) is 12.8. The highest BCUT2D eigenvalue weighted by Crippen LogP contribution is 2.32. The van der Waals surface area contributed by atoms with E-state index in [1.54, 1.807) is 0 Å². The molecule has 0 amide bonds. The highest BCUT2D eigenvalue weighted by molar-refractivity contribution is 6.10. The Balaban J connectivity index is 2.92. The molecular weight excluding hydrogens is 196 g/mol. The molecule has 1 nitrogen and oxygen atoms in total. The minimum absolute atomic E-state index is 0.0994. The third-order valence-electron chi connectivity index (χ3n) is 2.46. The van der Waals surface area contributed by atoms with Crippen LogP contribution in [0.2, 0.25) is 0 Å². The largest absolute Gasteiger partial charge is 0.289 e. The molecule has 0 aromatic carbocycles. The third-order valence-corrected chi connectivity index (χ3v) is 2.46. The van der Waals surface area contributed by atoms with Crippen LogP contribution >= 0.6 is 0 Å². The maximum Gasteiger partial charge on any atom is 0.184 e. The van der Waals surface area contributed by atoms with Gasteiger partial charge < -0.3 is 0 Å². The zero-order valence-corrected chi connectivity index (χ0v) is 11.5. The van der Waals surface area contributed by atoms with Gasteiger partial charge in [-0.05, 0) is 34.8 Å². The highest BCUT2D eigenvalue weighted by Gasteiger charge is 2.26. The molecule has 0 aliphatic heterocycles. The van der Waals surface area contributed by atoms with Crippen LogP contribution < -0.4 is 0 Å². The van der Waals surface area contributed by atoms with Crippen LogP contribution in [-0.2, 0) is 4.79 Å². The molecule has 0 radical (unpaired) electrons. The molecule has 0 aromatic rings. The lowest BCUT2D eigenvalue weighted by Crippen LogP contribution is -2.07. The van der Waals surface area contributed by atoms with E-state index in [1.807, 2.05) is 0 Å². The standard InChI is InChI=1S/C15H24O/c1-14(2,3)9-11-7-8-12(13(11)16)10-15(4,5)6/h9-10H,7-8H2,1-6H3. The van der Waals surface area contributed by atoms with Crippen LogP contribution in [0, 0.1) is 10.8 Å². The molecule has 0 unspecified atom stereocenters. The summed E-state index contributed by atoms with van der Waals surface area (Å²) in [4.78, 5) is 12.1. The lowest BCUT2D eigenvalue weighted by molar-refractivity contribution is -0.111. The summed E-state index contributed by atoms with van der Waals surface area (Å²) in [5.74, 6) is 0.268. The molecule has 1 saturated carbocycles. The third kappa shape index (κ3) is 3.96. The summed E-state index contributed by atoms with van der Waals surface area (Å²) >= 11 is 0. The van der Waals surface area contributed by atoms with Crippen molar-refractivity contribution >= 4 is 5.78 Å². The van der Waals surface area contributed by atoms with Gasteiger partial charge in [0.2, 0.25) is 0 Å². The van der Waals surface area contributed by atoms with E-state index in [9.17, 15) is 4.79 Å². The lowest BCUT2D eigenvalue weighted by atomic mass is 9.91. The van der Waals surface area contributed by atoms with E-state index >= 15 is 0 Å². The molecule has 16 heavy (non-hydrogen) atoms. The molecule has 1 heteroatoms. The summed E-state index contributed by atoms with van der Waals surface area (Å²) in [7, 11) is 0. The Bertz CT molecular complexity index is 309. The quantitative estimate of drug-likeness (QED) is 0.556. The molecule has 0 spiro atoms. The SMILES string of the molecule is CC(C)(C)C=C1CCC(=CC(C)(C)C)C1=O. The van der Waals surface area contributed by atoms with Crippen molar-refractivity contribution in [1.29, 1.82) is 0 Å². The Kier molecular flexibility index (Phi) is 3.47. The van der Waals surface area contributed by atoms with Crippen molar-refractivity contribution in [3.8, 4) is 0 Å². The number of ketones is 1. The molecule has 1 aliphatic rings. The first-order valence-corrected chi connectivity index (χ1v) is 6.07. The number of allylic oxidation sites excluding steroid dienone is 4. The van der Waals surface area contributed by atoms with Gasteiger partial charge in [0.1, 0.15) is 0 Å². The Morgan fingerprint density at radius 1 is 0.812 bits per heavy atom. The maximum atomic E-state index is 12.1. The van der Waals surface area contributed by atoms with Crippen molar-refractivity contribution in [3.63, 3.8) is 0 Å². The van der Waals surface area contributed by atoms with Crippen molar-refractivity contribution in [2.45, 2.75) is 54.4 Å². The molecule has 0 aromatic heterocycles. The van der Waals surface area contributed by atoms with E-state index < -0.39 is 0 Å². The monoisotopic (exact) mass is 220 g/mol. The molecular formula is C15H24O. The van der Waals surface area contributed by atoms with Crippen LogP contribution in [0.25, 0.3) is 0 Å². The van der Waals surface area contributed by atoms with Crippen LogP contribution in [-0.4, -0.2) is 5.78 Å². The Hall–Kier alpha value is -0.850. The number of hydrogen-bond acceptors (Lipinski definition) is 1. The van der Waals surface area contributed by atoms with Crippen LogP contribution in [0.1, 0.15) is 54.4 Å². The van der Waals surface area contributed by atoms with Crippen molar-refractivity contribution in [3.05, 3.63) is 23.3 Å². The smallest absolute Gasteiger partial charge is 0.184 e. The van der Waals surface area contributed by atoms with Crippen molar-refractivity contribution in [1.82, 2.24) is 0 Å². The number of carbonyl (C=O) groups excluding carboxylic acids is 1. The number of hydrogen-bond donors (Lipinski definition) is 0. The van der Waals surface area contributed by atoms with E-state index in [0.29, 0.717) is 0 Å². The van der Waals surface area contributed by atoms with Gasteiger partial charge in [0.15, 0.2) is 5.78 Å². The molecule has 0 saturated heterocycles. The van der Waals surface area contributed by atoms with Gasteiger partial charge in [-0.3, -0.25) is 4.79 Å². The number of Topliss-reactive ketones (excluding diaryl/α,β-unsaturated/α-hetero) is 1. The zero-order valence-electron chi connectivity index (χ0n) is 11.5. The Labute approximate surface area is 99.6 Å². The second-order valence-corrected chi connectivity index (χ2v) is 6.90. The van der Waals surface area contributed by atoms with E-state index in [0.717, 1.165) is 24.0 Å². The van der Waals surface area contributed by atoms with Gasteiger partial charge in [-0.25, -0.2) is 0 Å². The first-order chi connectivity index (χ1) is 7.08. The number of carbonyl (C=O) groups is 1. The van der Waals surface area contributed by atoms with Gasteiger partial charge in [0.25, 0.3) is 0 Å². The topological polar surface area (TPSA) is 17.1 Å². The Morgan fingerprint density at radius 3 is 1.38 bits per heavy atom. The summed E-state index contributed by atoms with van der Waals surface area (Å²) in [5.41, 5.74) is 2.20. The van der Waals surface area contributed by atoms with Crippen LogP contribution in [0.15, 0.2) is 23.3 Å². The second-order valence-electron chi connectivity index (χ2n) is 6.90. The maximum absolute atomic E-state index is 12.1. The van der Waals surface area contributed by atoms with Gasteiger partial charge >= 0.3 is 0 Å². The normalized spacial score (nSPS) is 23.5. The molecule has 0 N–H and O–H groups in total. The molecule has 1 aliphatic carbocycles. The molecule has 1 fully saturated rings. The average molecular weight is 220 g/mol. The number of rotatable bonds is 0. The summed E-state index contributed by atoms with van der Waals surface area (Å²) in [6.07, 6.45) is 6.08. The fourth-order valence-corrected chi connectivity index (χ4v) is 2.02. The van der Waals surface area contributed by atoms with Crippen LogP contribution in [0.5, 0.6) is 0 Å². The van der Waals surface area contributed by atoms with E-state index in [1.165, 1.54) is 0 Å². The second kappa shape index (κ2) is 4.20. The zero-order chi connectivity index (χ0) is 12.6. The van der Waals surface area contributed by atoms with E-state index in [-0.39, 0.29) is 16.6 Å². The molecule has 0 heterocycles. The summed E-state index contributed by atoms with van der Waals surface area (Å²) in [6, 6.07) is 0. The van der Waals surface area contributed by atoms with Crippen molar-refractivity contribution in [2.75, 3.05) is 0 Å². The lowest BCUT2D eigenvalue weighted by Gasteiger charge is -2.14. The first-order valence-electron chi connectivity index (χ1n) is 6.07. The summed E-state index contributed by atoms with van der Waals surface area (Å²) in [5, 5.41) is 0. The Morgan fingerprint density at radius 2 is 1.12 bits per heavy atom. The predicted molar refractivity (Wildman–Crippen MR) is 69.3 cm³/mol. The van der Waals surface area contributed by atoms with Gasteiger partial charge in [0.05, 0.1) is 0 Å². The van der Waals surface area contributed by atoms with Gasteiger partial charge in [-0.2, -0.15) is 0 Å². The molecule has 0 bridgehead atoms. The van der Waals surface area contributed by atoms with Crippen LogP contribution in [0.3, 0.4) is 0 Å². The molecule has 1 rings (SSSR count). The predicted octanol–water partition coefficient (Wildman–Crippen LogP) is 4.29. The summed E-state index contributed by atoms with van der Waals surface area (Å²) < 4.78 is 0. The molecule has 90 valence electrons. The average Bonchev–Trinajstić information content (AvgIpc) is 2.30. The van der Waals surface area contributed by atoms with Crippen LogP contribution in [0.4, 0.5) is 0 Å². The van der Waals surface area contributed by atoms with Crippen molar-refractivity contribution < 1.29 is 4.79 Å². The fraction of sp³-hybridized carbons (Fsp3) is 0.667. The van der Waals surface area contributed by atoms with Crippen molar-refractivity contribution in [2.24, 2.45) is 10.8 Å². The fourth-order valence-electron chi connectivity index (χ4n) is 2.02.